The van der Waals surface area contributed by atoms with Crippen LogP contribution in [0.1, 0.15) is 18.9 Å². The molecule has 0 saturated heterocycles. The second kappa shape index (κ2) is 6.06. The van der Waals surface area contributed by atoms with Crippen molar-refractivity contribution in [1.82, 2.24) is 0 Å². The summed E-state index contributed by atoms with van der Waals surface area (Å²) >= 11 is 0. The number of halogens is 2. The van der Waals surface area contributed by atoms with E-state index < -0.39 is 22.4 Å². The van der Waals surface area contributed by atoms with Crippen molar-refractivity contribution in [3.8, 4) is 0 Å². The Kier molecular flexibility index (Phi) is 5.02. The molecule has 1 aromatic carbocycles. The molecule has 90 valence electrons. The van der Waals surface area contributed by atoms with Gasteiger partial charge in [-0.25, -0.2) is 8.78 Å². The molecule has 16 heavy (non-hydrogen) atoms. The van der Waals surface area contributed by atoms with Gasteiger partial charge in [0.05, 0.1) is 0 Å². The fraction of sp³-hybridized carbons (Fsp3) is 0.455. The molecule has 0 saturated carbocycles. The van der Waals surface area contributed by atoms with E-state index in [1.54, 1.807) is 0 Å². The van der Waals surface area contributed by atoms with Crippen LogP contribution in [0.5, 0.6) is 0 Å². The Morgan fingerprint density at radius 2 is 2.06 bits per heavy atom. The first-order chi connectivity index (χ1) is 7.52. The lowest BCUT2D eigenvalue weighted by atomic mass is 10.2. The molecule has 0 aliphatic heterocycles. The van der Waals surface area contributed by atoms with Crippen LogP contribution in [0, 0.1) is 11.6 Å². The van der Waals surface area contributed by atoms with Crippen molar-refractivity contribution in [2.75, 3.05) is 5.75 Å². The molecule has 5 heteroatoms. The summed E-state index contributed by atoms with van der Waals surface area (Å²) in [6.07, 6.45) is 0.753. The maximum absolute atomic E-state index is 12.9. The molecule has 0 fully saturated rings. The summed E-state index contributed by atoms with van der Waals surface area (Å²) < 4.78 is 37.1. The third-order valence-electron chi connectivity index (χ3n) is 2.24. The Hall–Kier alpha value is -0.810. The molecule has 2 atom stereocenters. The number of benzene rings is 1. The van der Waals surface area contributed by atoms with Gasteiger partial charge in [0.25, 0.3) is 0 Å². The summed E-state index contributed by atoms with van der Waals surface area (Å²) in [5.74, 6) is -1.20. The predicted molar refractivity (Wildman–Crippen MR) is 61.3 cm³/mol. The molecule has 1 aromatic rings. The van der Waals surface area contributed by atoms with Crippen molar-refractivity contribution in [2.24, 2.45) is 5.73 Å². The molecule has 0 heterocycles. The lowest BCUT2D eigenvalue weighted by Gasteiger charge is -2.08. The zero-order valence-corrected chi connectivity index (χ0v) is 9.90. The maximum atomic E-state index is 12.9. The van der Waals surface area contributed by atoms with Gasteiger partial charge in [0, 0.05) is 28.3 Å². The van der Waals surface area contributed by atoms with E-state index in [9.17, 15) is 13.0 Å². The number of hydrogen-bond acceptors (Lipinski definition) is 2. The third kappa shape index (κ3) is 3.98. The van der Waals surface area contributed by atoms with E-state index in [1.165, 1.54) is 6.07 Å². The minimum Gasteiger partial charge on any atom is -0.327 e. The summed E-state index contributed by atoms with van der Waals surface area (Å²) in [6, 6.07) is 3.45. The highest BCUT2D eigenvalue weighted by atomic mass is 32.2. The van der Waals surface area contributed by atoms with Crippen molar-refractivity contribution in [3.05, 3.63) is 35.4 Å². The number of rotatable bonds is 5. The lowest BCUT2D eigenvalue weighted by molar-refractivity contribution is 0.507. The molecule has 2 nitrogen and oxygen atoms in total. The van der Waals surface area contributed by atoms with E-state index in [0.29, 0.717) is 11.3 Å². The lowest BCUT2D eigenvalue weighted by Crippen LogP contribution is -2.26. The van der Waals surface area contributed by atoms with Crippen molar-refractivity contribution < 1.29 is 13.0 Å². The normalized spacial score (nSPS) is 14.8. The van der Waals surface area contributed by atoms with Crippen molar-refractivity contribution in [2.45, 2.75) is 25.1 Å². The maximum Gasteiger partial charge on any atom is 0.159 e. The first kappa shape index (κ1) is 13.3. The summed E-state index contributed by atoms with van der Waals surface area (Å²) in [5.41, 5.74) is 6.18. The van der Waals surface area contributed by atoms with Crippen LogP contribution in [0.4, 0.5) is 8.78 Å². The second-order valence-corrected chi connectivity index (χ2v) is 5.17. The van der Waals surface area contributed by atoms with E-state index >= 15 is 0 Å². The zero-order chi connectivity index (χ0) is 12.1. The van der Waals surface area contributed by atoms with Gasteiger partial charge in [-0.1, -0.05) is 13.0 Å². The first-order valence-electron chi connectivity index (χ1n) is 5.07. The molecule has 0 aromatic heterocycles. The van der Waals surface area contributed by atoms with Crippen LogP contribution in [-0.2, 0) is 16.6 Å². The number of hydrogen-bond donors (Lipinski definition) is 1. The zero-order valence-electron chi connectivity index (χ0n) is 9.08. The highest BCUT2D eigenvalue weighted by Gasteiger charge is 2.09. The van der Waals surface area contributed by atoms with Gasteiger partial charge in [-0.2, -0.15) is 0 Å². The molecule has 0 aliphatic rings. The van der Waals surface area contributed by atoms with Gasteiger partial charge in [-0.15, -0.1) is 0 Å². The van der Waals surface area contributed by atoms with Crippen LogP contribution < -0.4 is 5.73 Å². The SMILES string of the molecule is CCC(N)CS(=O)Cc1ccc(F)c(F)c1. The second-order valence-electron chi connectivity index (χ2n) is 3.67. The van der Waals surface area contributed by atoms with Crippen LogP contribution in [0.3, 0.4) is 0 Å². The van der Waals surface area contributed by atoms with Gasteiger partial charge < -0.3 is 5.73 Å². The summed E-state index contributed by atoms with van der Waals surface area (Å²) in [5, 5.41) is 0. The van der Waals surface area contributed by atoms with Crippen molar-refractivity contribution in [3.63, 3.8) is 0 Å². The minimum absolute atomic E-state index is 0.105. The van der Waals surface area contributed by atoms with Crippen LogP contribution in [0.2, 0.25) is 0 Å². The summed E-state index contributed by atoms with van der Waals surface area (Å²) in [6.45, 7) is 1.92. The smallest absolute Gasteiger partial charge is 0.159 e. The van der Waals surface area contributed by atoms with E-state index in [-0.39, 0.29) is 11.8 Å². The standard InChI is InChI=1S/C11H15F2NOS/c1-2-9(14)7-16(15)6-8-3-4-10(12)11(13)5-8/h3-5,9H,2,6-7,14H2,1H3. The quantitative estimate of drug-likeness (QED) is 0.864. The first-order valence-corrected chi connectivity index (χ1v) is 6.56. The topological polar surface area (TPSA) is 43.1 Å². The van der Waals surface area contributed by atoms with Crippen LogP contribution in [0.15, 0.2) is 18.2 Å². The molecule has 2 unspecified atom stereocenters. The Bertz CT molecular complexity index is 384. The molecule has 0 radical (unpaired) electrons. The van der Waals surface area contributed by atoms with Crippen LogP contribution in [-0.4, -0.2) is 16.0 Å². The largest absolute Gasteiger partial charge is 0.327 e. The molecular weight excluding hydrogens is 232 g/mol. The average molecular weight is 247 g/mol. The predicted octanol–water partition coefficient (Wildman–Crippen LogP) is 1.95. The number of nitrogens with two attached hydrogens (primary N) is 1. The van der Waals surface area contributed by atoms with Crippen LogP contribution >= 0.6 is 0 Å². The van der Waals surface area contributed by atoms with Crippen molar-refractivity contribution in [1.29, 1.82) is 0 Å². The molecule has 0 amide bonds. The molecule has 0 spiro atoms. The molecule has 0 aliphatic carbocycles. The Morgan fingerprint density at radius 1 is 1.38 bits per heavy atom. The molecule has 2 N–H and O–H groups in total. The Morgan fingerprint density at radius 3 is 2.62 bits per heavy atom. The molecule has 1 rings (SSSR count). The van der Waals surface area contributed by atoms with E-state index in [2.05, 4.69) is 0 Å². The summed E-state index contributed by atoms with van der Waals surface area (Å²) in [4.78, 5) is 0. The van der Waals surface area contributed by atoms with Gasteiger partial charge in [-0.05, 0) is 24.1 Å². The van der Waals surface area contributed by atoms with Gasteiger partial charge in [0.1, 0.15) is 0 Å². The molecule has 0 bridgehead atoms. The van der Waals surface area contributed by atoms with Gasteiger partial charge in [-0.3, -0.25) is 4.21 Å². The van der Waals surface area contributed by atoms with E-state index in [1.807, 2.05) is 6.92 Å². The van der Waals surface area contributed by atoms with E-state index in [0.717, 1.165) is 18.6 Å². The fourth-order valence-corrected chi connectivity index (χ4v) is 2.61. The van der Waals surface area contributed by atoms with Gasteiger partial charge >= 0.3 is 0 Å². The third-order valence-corrected chi connectivity index (χ3v) is 3.69. The monoisotopic (exact) mass is 247 g/mol. The Labute approximate surface area is 96.3 Å². The van der Waals surface area contributed by atoms with Crippen molar-refractivity contribution >= 4 is 10.8 Å². The minimum atomic E-state index is -1.13. The van der Waals surface area contributed by atoms with Gasteiger partial charge in [0.15, 0.2) is 11.6 Å². The summed E-state index contributed by atoms with van der Waals surface area (Å²) in [7, 11) is -1.13. The van der Waals surface area contributed by atoms with Gasteiger partial charge in [0.2, 0.25) is 0 Å². The Balaban J connectivity index is 2.59. The highest BCUT2D eigenvalue weighted by molar-refractivity contribution is 7.84. The molecular formula is C11H15F2NOS. The highest BCUT2D eigenvalue weighted by Crippen LogP contribution is 2.11. The van der Waals surface area contributed by atoms with Crippen LogP contribution in [0.25, 0.3) is 0 Å². The van der Waals surface area contributed by atoms with E-state index in [4.69, 9.17) is 5.73 Å². The average Bonchev–Trinajstić information content (AvgIpc) is 2.23. The fourth-order valence-electron chi connectivity index (χ4n) is 1.23.